The molecule has 0 saturated heterocycles. The van der Waals surface area contributed by atoms with Crippen molar-refractivity contribution in [2.75, 3.05) is 10.5 Å². The molecule has 0 spiro atoms. The zero-order valence-electron chi connectivity index (χ0n) is 19.1. The highest BCUT2D eigenvalue weighted by molar-refractivity contribution is 7.92. The SMILES string of the molecule is NCc1ccc2cc(C(=O)O)n(Cc3cc(NS(=O)(=O)CCn4ccnn4)cc4ccccc34)c2n1. The van der Waals surface area contributed by atoms with Crippen LogP contribution in [0.3, 0.4) is 0 Å². The molecular weight excluding hydrogens is 482 g/mol. The first-order valence-corrected chi connectivity index (χ1v) is 12.8. The number of carboxylic acids is 1. The summed E-state index contributed by atoms with van der Waals surface area (Å²) in [5.74, 6) is -1.27. The van der Waals surface area contributed by atoms with Crippen LogP contribution < -0.4 is 10.5 Å². The van der Waals surface area contributed by atoms with E-state index in [9.17, 15) is 18.3 Å². The summed E-state index contributed by atoms with van der Waals surface area (Å²) in [6.07, 6.45) is 3.08. The Hall–Kier alpha value is -4.29. The maximum atomic E-state index is 12.8. The second kappa shape index (κ2) is 9.40. The number of rotatable bonds is 9. The summed E-state index contributed by atoms with van der Waals surface area (Å²) in [4.78, 5) is 16.6. The number of nitrogens with zero attached hydrogens (tertiary/aromatic N) is 5. The molecular formula is C24H23N7O4S. The van der Waals surface area contributed by atoms with Gasteiger partial charge in [-0.1, -0.05) is 29.5 Å². The molecule has 0 unspecified atom stereocenters. The largest absolute Gasteiger partial charge is 0.477 e. The zero-order valence-corrected chi connectivity index (χ0v) is 19.9. The Morgan fingerprint density at radius 1 is 1.08 bits per heavy atom. The van der Waals surface area contributed by atoms with Crippen LogP contribution in [0.25, 0.3) is 21.8 Å². The Labute approximate surface area is 206 Å². The highest BCUT2D eigenvalue weighted by Gasteiger charge is 2.19. The minimum absolute atomic E-state index is 0.0783. The quantitative estimate of drug-likeness (QED) is 0.275. The van der Waals surface area contributed by atoms with Gasteiger partial charge in [-0.3, -0.25) is 9.40 Å². The minimum Gasteiger partial charge on any atom is -0.477 e. The Balaban J connectivity index is 1.55. The van der Waals surface area contributed by atoms with Gasteiger partial charge in [0.2, 0.25) is 10.0 Å². The summed E-state index contributed by atoms with van der Waals surface area (Å²) in [7, 11) is -3.69. The van der Waals surface area contributed by atoms with Crippen LogP contribution in [-0.4, -0.2) is 49.8 Å². The van der Waals surface area contributed by atoms with Crippen LogP contribution >= 0.6 is 0 Å². The lowest BCUT2D eigenvalue weighted by atomic mass is 10.0. The number of hydrogen-bond donors (Lipinski definition) is 3. The number of nitrogens with one attached hydrogen (secondary N) is 1. The number of carboxylic acid groups (broad SMARTS) is 1. The van der Waals surface area contributed by atoms with E-state index in [0.717, 1.165) is 16.3 Å². The maximum absolute atomic E-state index is 12.8. The number of fused-ring (bicyclic) bond motifs is 2. The monoisotopic (exact) mass is 505 g/mol. The van der Waals surface area contributed by atoms with Gasteiger partial charge in [-0.15, -0.1) is 5.10 Å². The number of aromatic carboxylic acids is 1. The highest BCUT2D eigenvalue weighted by atomic mass is 32.2. The molecule has 11 nitrogen and oxygen atoms in total. The first-order chi connectivity index (χ1) is 17.3. The van der Waals surface area contributed by atoms with Gasteiger partial charge in [0, 0.05) is 23.8 Å². The van der Waals surface area contributed by atoms with E-state index in [-0.39, 0.29) is 31.1 Å². The predicted molar refractivity (Wildman–Crippen MR) is 135 cm³/mol. The lowest BCUT2D eigenvalue weighted by molar-refractivity contribution is 0.0686. The van der Waals surface area contributed by atoms with Crippen molar-refractivity contribution in [2.24, 2.45) is 5.73 Å². The fourth-order valence-electron chi connectivity index (χ4n) is 4.16. The normalized spacial score (nSPS) is 11.8. The van der Waals surface area contributed by atoms with Crippen molar-refractivity contribution in [3.8, 4) is 0 Å². The number of pyridine rings is 1. The summed E-state index contributed by atoms with van der Waals surface area (Å²) in [6, 6.07) is 16.1. The molecule has 0 radical (unpaired) electrons. The number of hydrogen-bond acceptors (Lipinski definition) is 7. The van der Waals surface area contributed by atoms with E-state index < -0.39 is 16.0 Å². The smallest absolute Gasteiger partial charge is 0.352 e. The van der Waals surface area contributed by atoms with Gasteiger partial charge in [-0.25, -0.2) is 18.2 Å². The van der Waals surface area contributed by atoms with Crippen molar-refractivity contribution in [1.29, 1.82) is 0 Å². The van der Waals surface area contributed by atoms with Crippen molar-refractivity contribution in [3.63, 3.8) is 0 Å². The van der Waals surface area contributed by atoms with E-state index in [0.29, 0.717) is 22.4 Å². The van der Waals surface area contributed by atoms with Crippen LogP contribution in [0.15, 0.2) is 67.0 Å². The van der Waals surface area contributed by atoms with E-state index in [1.807, 2.05) is 24.3 Å². The van der Waals surface area contributed by atoms with Crippen LogP contribution in [0.5, 0.6) is 0 Å². The standard InChI is InChI=1S/C24H23N7O4S/c25-14-19-6-5-17-13-22(24(32)33)31(23(17)27-19)15-18-12-20(11-16-3-1-2-4-21(16)18)28-36(34,35)10-9-30-8-7-26-29-30/h1-8,11-13,28H,9-10,14-15,25H2,(H,32,33). The van der Waals surface area contributed by atoms with Crippen LogP contribution in [0.4, 0.5) is 5.69 Å². The third-order valence-electron chi connectivity index (χ3n) is 5.84. The predicted octanol–water partition coefficient (Wildman–Crippen LogP) is 2.43. The molecule has 0 aliphatic carbocycles. The number of anilines is 1. The van der Waals surface area contributed by atoms with E-state index in [1.54, 1.807) is 41.1 Å². The second-order valence-electron chi connectivity index (χ2n) is 8.28. The number of benzene rings is 2. The summed E-state index contributed by atoms with van der Waals surface area (Å²) < 4.78 is 31.2. The van der Waals surface area contributed by atoms with Gasteiger partial charge in [0.1, 0.15) is 11.3 Å². The molecule has 5 aromatic rings. The number of aryl methyl sites for hydroxylation is 1. The zero-order chi connectivity index (χ0) is 25.3. The first-order valence-electron chi connectivity index (χ1n) is 11.1. The number of sulfonamides is 1. The average molecular weight is 506 g/mol. The van der Waals surface area contributed by atoms with Crippen molar-refractivity contribution < 1.29 is 18.3 Å². The molecule has 0 fully saturated rings. The summed E-state index contributed by atoms with van der Waals surface area (Å²) >= 11 is 0. The van der Waals surface area contributed by atoms with Crippen LogP contribution in [0, 0.1) is 0 Å². The van der Waals surface area contributed by atoms with Crippen molar-refractivity contribution in [3.05, 3.63) is 83.9 Å². The van der Waals surface area contributed by atoms with E-state index in [4.69, 9.17) is 5.73 Å². The molecule has 3 heterocycles. The average Bonchev–Trinajstić information content (AvgIpc) is 3.50. The molecule has 0 atom stereocenters. The topological polar surface area (TPSA) is 158 Å². The minimum atomic E-state index is -3.69. The molecule has 2 aromatic carbocycles. The molecule has 12 heteroatoms. The molecule has 4 N–H and O–H groups in total. The molecule has 0 bridgehead atoms. The van der Waals surface area contributed by atoms with Crippen LogP contribution in [-0.2, 0) is 29.7 Å². The number of nitrogens with two attached hydrogens (primary N) is 1. The number of carbonyl (C=O) groups is 1. The lowest BCUT2D eigenvalue weighted by Gasteiger charge is -2.15. The van der Waals surface area contributed by atoms with Crippen LogP contribution in [0.1, 0.15) is 21.7 Å². The Bertz CT molecular complexity index is 1680. The molecule has 36 heavy (non-hydrogen) atoms. The summed E-state index contributed by atoms with van der Waals surface area (Å²) in [5, 5.41) is 19.7. The van der Waals surface area contributed by atoms with Gasteiger partial charge in [-0.2, -0.15) is 0 Å². The Morgan fingerprint density at radius 3 is 2.67 bits per heavy atom. The molecule has 184 valence electrons. The van der Waals surface area contributed by atoms with E-state index in [2.05, 4.69) is 20.0 Å². The highest BCUT2D eigenvalue weighted by Crippen LogP contribution is 2.28. The second-order valence-corrected chi connectivity index (χ2v) is 10.1. The third-order valence-corrected chi connectivity index (χ3v) is 7.11. The molecule has 0 aliphatic heterocycles. The van der Waals surface area contributed by atoms with E-state index in [1.165, 1.54) is 10.9 Å². The molecule has 0 amide bonds. The molecule has 0 saturated carbocycles. The number of aromatic nitrogens is 5. The Morgan fingerprint density at radius 2 is 1.92 bits per heavy atom. The van der Waals surface area contributed by atoms with Crippen LogP contribution in [0.2, 0.25) is 0 Å². The Kier molecular flexibility index (Phi) is 6.12. The van der Waals surface area contributed by atoms with Crippen molar-refractivity contribution in [2.45, 2.75) is 19.6 Å². The molecule has 5 rings (SSSR count). The fourth-order valence-corrected chi connectivity index (χ4v) is 5.17. The maximum Gasteiger partial charge on any atom is 0.352 e. The van der Waals surface area contributed by atoms with Gasteiger partial charge >= 0.3 is 5.97 Å². The van der Waals surface area contributed by atoms with Gasteiger partial charge in [0.15, 0.2) is 0 Å². The van der Waals surface area contributed by atoms with E-state index >= 15 is 0 Å². The first kappa shape index (κ1) is 23.5. The molecule has 3 aromatic heterocycles. The fraction of sp³-hybridized carbons (Fsp3) is 0.167. The van der Waals surface area contributed by atoms with Gasteiger partial charge in [-0.05, 0) is 46.7 Å². The third kappa shape index (κ3) is 4.76. The van der Waals surface area contributed by atoms with Crippen molar-refractivity contribution >= 4 is 43.5 Å². The van der Waals surface area contributed by atoms with Gasteiger partial charge in [0.05, 0.1) is 30.7 Å². The lowest BCUT2D eigenvalue weighted by Crippen LogP contribution is -2.21. The summed E-state index contributed by atoms with van der Waals surface area (Å²) in [6.45, 7) is 0.543. The summed E-state index contributed by atoms with van der Waals surface area (Å²) in [5.41, 5.74) is 8.09. The van der Waals surface area contributed by atoms with Gasteiger partial charge < -0.3 is 15.4 Å². The molecule has 0 aliphatic rings. The van der Waals surface area contributed by atoms with Crippen molar-refractivity contribution in [1.82, 2.24) is 24.5 Å². The van der Waals surface area contributed by atoms with Gasteiger partial charge in [0.25, 0.3) is 0 Å².